The largest absolute Gasteiger partial charge is 0.508 e. The number of carbonyl (C=O) groups excluding carboxylic acids is 1. The topological polar surface area (TPSA) is 146 Å². The Bertz CT molecular complexity index is 702. The first-order chi connectivity index (χ1) is 12.7. The smallest absolute Gasteiger partial charge is 0.229 e. The number of phenolic OH excluding ortho intramolecular Hbond substituents is 1. The van der Waals surface area contributed by atoms with Crippen LogP contribution in [0.2, 0.25) is 0 Å². The van der Waals surface area contributed by atoms with Crippen LogP contribution in [0.5, 0.6) is 17.2 Å². The highest BCUT2D eigenvalue weighted by Gasteiger charge is 2.45. The van der Waals surface area contributed by atoms with Gasteiger partial charge in [0.15, 0.2) is 5.78 Å². The van der Waals surface area contributed by atoms with Crippen LogP contribution in [0.15, 0.2) is 12.1 Å². The van der Waals surface area contributed by atoms with Gasteiger partial charge in [0.05, 0.1) is 6.61 Å². The van der Waals surface area contributed by atoms with Gasteiger partial charge in [-0.05, 0) is 5.92 Å². The molecule has 2 aliphatic heterocycles. The molecule has 6 unspecified atom stereocenters. The summed E-state index contributed by atoms with van der Waals surface area (Å²) in [6.07, 6.45) is -7.62. The molecule has 1 aromatic rings. The predicted octanol–water partition coefficient (Wildman–Crippen LogP) is -0.439. The Hall–Kier alpha value is -1.91. The average Bonchev–Trinajstić information content (AvgIpc) is 2.61. The lowest BCUT2D eigenvalue weighted by atomic mass is 9.93. The number of phenols is 1. The summed E-state index contributed by atoms with van der Waals surface area (Å²) in [6, 6.07) is 2.49. The number of Topliss-reactive ketones (excluding diaryl/α,β-unsaturated/α-hetero) is 1. The third-order valence-corrected chi connectivity index (χ3v) is 4.83. The van der Waals surface area contributed by atoms with E-state index in [0.717, 1.165) is 0 Å². The lowest BCUT2D eigenvalue weighted by Crippen LogP contribution is -2.60. The fourth-order valence-electron chi connectivity index (χ4n) is 3.19. The number of carbonyl (C=O) groups is 1. The van der Waals surface area contributed by atoms with Crippen LogP contribution in [0.4, 0.5) is 0 Å². The number of aromatic hydroxyl groups is 1. The zero-order chi connectivity index (χ0) is 19.9. The number of aliphatic hydroxyl groups is 4. The Morgan fingerprint density at radius 1 is 1.19 bits per heavy atom. The molecule has 150 valence electrons. The van der Waals surface area contributed by atoms with Gasteiger partial charge in [-0.3, -0.25) is 4.79 Å². The molecule has 5 N–H and O–H groups in total. The first-order valence-corrected chi connectivity index (χ1v) is 8.77. The van der Waals surface area contributed by atoms with E-state index in [1.165, 1.54) is 12.1 Å². The second kappa shape index (κ2) is 7.61. The third-order valence-electron chi connectivity index (χ3n) is 4.83. The van der Waals surface area contributed by atoms with Crippen molar-refractivity contribution < 1.29 is 44.5 Å². The maximum absolute atomic E-state index is 12.6. The SMILES string of the molecule is CC(C)C1CC(=O)c2c(cc(O)cc2OC2OC(CO)C(O)C(O)C2O)O1. The van der Waals surface area contributed by atoms with Crippen molar-refractivity contribution in [2.75, 3.05) is 6.61 Å². The van der Waals surface area contributed by atoms with E-state index in [-0.39, 0.29) is 47.0 Å². The van der Waals surface area contributed by atoms with Crippen LogP contribution < -0.4 is 9.47 Å². The fourth-order valence-corrected chi connectivity index (χ4v) is 3.19. The second-order valence-electron chi connectivity index (χ2n) is 7.16. The molecule has 0 bridgehead atoms. The molecule has 0 saturated carbocycles. The molecule has 3 rings (SSSR count). The van der Waals surface area contributed by atoms with Gasteiger partial charge < -0.3 is 39.7 Å². The van der Waals surface area contributed by atoms with Crippen molar-refractivity contribution in [1.82, 2.24) is 0 Å². The average molecular weight is 384 g/mol. The number of benzene rings is 1. The van der Waals surface area contributed by atoms with Crippen LogP contribution in [-0.4, -0.2) is 74.7 Å². The zero-order valence-electron chi connectivity index (χ0n) is 15.0. The van der Waals surface area contributed by atoms with E-state index in [1.807, 2.05) is 13.8 Å². The lowest BCUT2D eigenvalue weighted by Gasteiger charge is -2.40. The van der Waals surface area contributed by atoms with Crippen LogP contribution in [0, 0.1) is 5.92 Å². The maximum Gasteiger partial charge on any atom is 0.229 e. The highest BCUT2D eigenvalue weighted by Crippen LogP contribution is 2.40. The van der Waals surface area contributed by atoms with Crippen molar-refractivity contribution >= 4 is 5.78 Å². The summed E-state index contributed by atoms with van der Waals surface area (Å²) in [4.78, 5) is 12.6. The first-order valence-electron chi connectivity index (χ1n) is 8.77. The van der Waals surface area contributed by atoms with Crippen molar-refractivity contribution in [2.24, 2.45) is 5.92 Å². The Balaban J connectivity index is 1.91. The number of rotatable bonds is 4. The molecule has 6 atom stereocenters. The number of hydrogen-bond donors (Lipinski definition) is 5. The van der Waals surface area contributed by atoms with E-state index in [2.05, 4.69) is 0 Å². The van der Waals surface area contributed by atoms with Crippen LogP contribution in [-0.2, 0) is 4.74 Å². The number of aliphatic hydroxyl groups excluding tert-OH is 4. The molecular weight excluding hydrogens is 360 g/mol. The van der Waals surface area contributed by atoms with Gasteiger partial charge in [-0.2, -0.15) is 0 Å². The van der Waals surface area contributed by atoms with Gasteiger partial charge in [-0.25, -0.2) is 0 Å². The number of fused-ring (bicyclic) bond motifs is 1. The fraction of sp³-hybridized carbons (Fsp3) is 0.611. The summed E-state index contributed by atoms with van der Waals surface area (Å²) < 4.78 is 16.6. The molecule has 2 heterocycles. The van der Waals surface area contributed by atoms with Crippen molar-refractivity contribution in [3.8, 4) is 17.2 Å². The van der Waals surface area contributed by atoms with Gasteiger partial charge in [0.1, 0.15) is 53.3 Å². The standard InChI is InChI=1S/C18H24O9/c1-7(2)10-5-9(21)14-11(25-10)3-8(20)4-12(14)26-18-17(24)16(23)15(22)13(6-19)27-18/h3-4,7,10,13,15-20,22-24H,5-6H2,1-2H3. The van der Waals surface area contributed by atoms with Crippen LogP contribution in [0.25, 0.3) is 0 Å². The van der Waals surface area contributed by atoms with Crippen LogP contribution in [0.1, 0.15) is 30.6 Å². The Morgan fingerprint density at radius 3 is 2.52 bits per heavy atom. The summed E-state index contributed by atoms with van der Waals surface area (Å²) in [7, 11) is 0. The molecule has 0 aromatic heterocycles. The third kappa shape index (κ3) is 3.74. The van der Waals surface area contributed by atoms with E-state index >= 15 is 0 Å². The first kappa shape index (κ1) is 19.8. The Morgan fingerprint density at radius 2 is 1.89 bits per heavy atom. The number of ketones is 1. The minimum atomic E-state index is -1.64. The molecule has 9 heteroatoms. The molecular formula is C18H24O9. The normalized spacial score (nSPS) is 33.5. The molecule has 1 saturated heterocycles. The summed E-state index contributed by atoms with van der Waals surface area (Å²) in [5, 5.41) is 49.1. The molecule has 2 aliphatic rings. The number of ether oxygens (including phenoxy) is 3. The number of hydrogen-bond acceptors (Lipinski definition) is 9. The molecule has 0 radical (unpaired) electrons. The van der Waals surface area contributed by atoms with Gasteiger partial charge in [0.25, 0.3) is 0 Å². The molecule has 0 amide bonds. The molecule has 27 heavy (non-hydrogen) atoms. The van der Waals surface area contributed by atoms with Gasteiger partial charge in [-0.1, -0.05) is 13.8 Å². The van der Waals surface area contributed by atoms with Gasteiger partial charge in [-0.15, -0.1) is 0 Å². The quantitative estimate of drug-likeness (QED) is 0.466. The van der Waals surface area contributed by atoms with Crippen molar-refractivity contribution in [1.29, 1.82) is 0 Å². The van der Waals surface area contributed by atoms with Crippen molar-refractivity contribution in [3.05, 3.63) is 17.7 Å². The maximum atomic E-state index is 12.6. The summed E-state index contributed by atoms with van der Waals surface area (Å²) in [5.74, 6) is -0.314. The monoisotopic (exact) mass is 384 g/mol. The Labute approximate surface area is 155 Å². The summed E-state index contributed by atoms with van der Waals surface area (Å²) in [6.45, 7) is 3.22. The van der Waals surface area contributed by atoms with Gasteiger partial charge >= 0.3 is 0 Å². The van der Waals surface area contributed by atoms with E-state index in [9.17, 15) is 30.3 Å². The predicted molar refractivity (Wildman–Crippen MR) is 90.7 cm³/mol. The van der Waals surface area contributed by atoms with Crippen LogP contribution >= 0.6 is 0 Å². The van der Waals surface area contributed by atoms with E-state index in [4.69, 9.17) is 14.2 Å². The molecule has 0 spiro atoms. The van der Waals surface area contributed by atoms with E-state index in [1.54, 1.807) is 0 Å². The van der Waals surface area contributed by atoms with E-state index in [0.29, 0.717) is 0 Å². The lowest BCUT2D eigenvalue weighted by molar-refractivity contribution is -0.277. The molecule has 0 aliphatic carbocycles. The van der Waals surface area contributed by atoms with Gasteiger partial charge in [0, 0.05) is 18.6 Å². The van der Waals surface area contributed by atoms with Crippen LogP contribution in [0.3, 0.4) is 0 Å². The molecule has 9 nitrogen and oxygen atoms in total. The molecule has 1 fully saturated rings. The van der Waals surface area contributed by atoms with Gasteiger partial charge in [0.2, 0.25) is 6.29 Å². The molecule has 1 aromatic carbocycles. The van der Waals surface area contributed by atoms with Crippen molar-refractivity contribution in [3.63, 3.8) is 0 Å². The van der Waals surface area contributed by atoms with E-state index < -0.39 is 37.3 Å². The highest BCUT2D eigenvalue weighted by molar-refractivity contribution is 6.02. The Kier molecular flexibility index (Phi) is 5.59. The summed E-state index contributed by atoms with van der Waals surface area (Å²) >= 11 is 0. The minimum absolute atomic E-state index is 0.0819. The summed E-state index contributed by atoms with van der Waals surface area (Å²) in [5.41, 5.74) is 0.0988. The minimum Gasteiger partial charge on any atom is -0.508 e. The highest BCUT2D eigenvalue weighted by atomic mass is 16.7. The second-order valence-corrected chi connectivity index (χ2v) is 7.16. The van der Waals surface area contributed by atoms with Crippen molar-refractivity contribution in [2.45, 2.75) is 57.1 Å². The zero-order valence-corrected chi connectivity index (χ0v) is 15.0.